The second kappa shape index (κ2) is 7.79. The Morgan fingerprint density at radius 1 is 1.35 bits per heavy atom. The summed E-state index contributed by atoms with van der Waals surface area (Å²) in [5.74, 6) is -0.128. The van der Waals surface area contributed by atoms with Gasteiger partial charge in [-0.15, -0.1) is 0 Å². The number of nitrogens with two attached hydrogens (primary N) is 1. The fourth-order valence-electron chi connectivity index (χ4n) is 1.78. The maximum Gasteiger partial charge on any atom is 0.387 e. The first-order chi connectivity index (χ1) is 9.43. The van der Waals surface area contributed by atoms with Crippen LogP contribution in [0.25, 0.3) is 0 Å². The molecule has 1 aromatic rings. The van der Waals surface area contributed by atoms with Gasteiger partial charge in [0, 0.05) is 0 Å². The van der Waals surface area contributed by atoms with Crippen molar-refractivity contribution in [1.82, 2.24) is 5.32 Å². The molecule has 0 aliphatic rings. The minimum Gasteiger partial charge on any atom is -0.435 e. The van der Waals surface area contributed by atoms with E-state index in [4.69, 9.17) is 5.73 Å². The molecular formula is C14H20F2N2O2. The third-order valence-electron chi connectivity index (χ3n) is 2.90. The van der Waals surface area contributed by atoms with Gasteiger partial charge in [-0.2, -0.15) is 8.78 Å². The summed E-state index contributed by atoms with van der Waals surface area (Å²) in [4.78, 5) is 11.8. The molecule has 3 N–H and O–H groups in total. The van der Waals surface area contributed by atoms with Crippen molar-refractivity contribution in [2.24, 2.45) is 5.73 Å². The van der Waals surface area contributed by atoms with E-state index in [2.05, 4.69) is 10.1 Å². The second-order valence-electron chi connectivity index (χ2n) is 4.57. The molecule has 1 rings (SSSR count). The molecule has 4 nitrogen and oxygen atoms in total. The standard InChI is InChI=1S/C14H20F2N2O2/c1-3-4-12(17)13(19)18-9(2)10-5-7-11(8-6-10)20-14(15)16/h5-9,12,14H,3-4,17H2,1-2H3,(H,18,19). The molecule has 2 atom stereocenters. The number of halogens is 2. The maximum absolute atomic E-state index is 12.0. The fraction of sp³-hybridized carbons (Fsp3) is 0.500. The van der Waals surface area contributed by atoms with E-state index in [1.807, 2.05) is 6.92 Å². The quantitative estimate of drug-likeness (QED) is 0.809. The van der Waals surface area contributed by atoms with Crippen LogP contribution in [-0.2, 0) is 4.79 Å². The van der Waals surface area contributed by atoms with E-state index in [1.54, 1.807) is 19.1 Å². The molecule has 6 heteroatoms. The molecular weight excluding hydrogens is 266 g/mol. The molecule has 112 valence electrons. The highest BCUT2D eigenvalue weighted by Crippen LogP contribution is 2.19. The summed E-state index contributed by atoms with van der Waals surface area (Å²) in [5, 5.41) is 2.79. The van der Waals surface area contributed by atoms with Gasteiger partial charge < -0.3 is 15.8 Å². The predicted molar refractivity (Wildman–Crippen MR) is 72.5 cm³/mol. The van der Waals surface area contributed by atoms with Crippen LogP contribution < -0.4 is 15.8 Å². The summed E-state index contributed by atoms with van der Waals surface area (Å²) < 4.78 is 28.3. The zero-order valence-corrected chi connectivity index (χ0v) is 11.6. The molecule has 0 saturated heterocycles. The second-order valence-corrected chi connectivity index (χ2v) is 4.57. The van der Waals surface area contributed by atoms with Crippen molar-refractivity contribution in [1.29, 1.82) is 0 Å². The van der Waals surface area contributed by atoms with Gasteiger partial charge in [-0.05, 0) is 31.0 Å². The van der Waals surface area contributed by atoms with Gasteiger partial charge in [0.2, 0.25) is 5.91 Å². The maximum atomic E-state index is 12.0. The number of carbonyl (C=O) groups is 1. The van der Waals surface area contributed by atoms with Crippen molar-refractivity contribution in [2.45, 2.75) is 45.4 Å². The van der Waals surface area contributed by atoms with E-state index < -0.39 is 12.7 Å². The van der Waals surface area contributed by atoms with Crippen LogP contribution in [0.5, 0.6) is 5.75 Å². The van der Waals surface area contributed by atoms with Crippen LogP contribution >= 0.6 is 0 Å². The highest BCUT2D eigenvalue weighted by Gasteiger charge is 2.15. The van der Waals surface area contributed by atoms with Gasteiger partial charge in [0.1, 0.15) is 5.75 Å². The van der Waals surface area contributed by atoms with E-state index >= 15 is 0 Å². The lowest BCUT2D eigenvalue weighted by Gasteiger charge is -2.18. The van der Waals surface area contributed by atoms with E-state index in [0.717, 1.165) is 12.0 Å². The van der Waals surface area contributed by atoms with Gasteiger partial charge in [0.15, 0.2) is 0 Å². The van der Waals surface area contributed by atoms with Crippen LogP contribution in [0.1, 0.15) is 38.3 Å². The summed E-state index contributed by atoms with van der Waals surface area (Å²) in [6.07, 6.45) is 1.46. The number of benzene rings is 1. The van der Waals surface area contributed by atoms with Crippen LogP contribution in [0.2, 0.25) is 0 Å². The lowest BCUT2D eigenvalue weighted by Crippen LogP contribution is -2.41. The minimum absolute atomic E-state index is 0.0879. The Morgan fingerprint density at radius 2 is 1.95 bits per heavy atom. The molecule has 1 amide bonds. The van der Waals surface area contributed by atoms with Gasteiger partial charge in [-0.25, -0.2) is 0 Å². The van der Waals surface area contributed by atoms with Gasteiger partial charge in [0.25, 0.3) is 0 Å². The number of ether oxygens (including phenoxy) is 1. The van der Waals surface area contributed by atoms with Crippen molar-refractivity contribution in [3.05, 3.63) is 29.8 Å². The summed E-state index contributed by atoms with van der Waals surface area (Å²) in [6.45, 7) is 0.919. The lowest BCUT2D eigenvalue weighted by atomic mass is 10.1. The van der Waals surface area contributed by atoms with Crippen LogP contribution in [0.15, 0.2) is 24.3 Å². The molecule has 20 heavy (non-hydrogen) atoms. The molecule has 0 aromatic heterocycles. The Balaban J connectivity index is 2.59. The summed E-state index contributed by atoms with van der Waals surface area (Å²) in [7, 11) is 0. The third kappa shape index (κ3) is 5.13. The largest absolute Gasteiger partial charge is 0.435 e. The van der Waals surface area contributed by atoms with Gasteiger partial charge in [0.05, 0.1) is 12.1 Å². The fourth-order valence-corrected chi connectivity index (χ4v) is 1.78. The summed E-state index contributed by atoms with van der Waals surface area (Å²) in [5.41, 5.74) is 6.51. The molecule has 1 aromatic carbocycles. The molecule has 0 radical (unpaired) electrons. The number of amides is 1. The Labute approximate surface area is 117 Å². The number of nitrogens with one attached hydrogen (secondary N) is 1. The first kappa shape index (κ1) is 16.4. The first-order valence-corrected chi connectivity index (χ1v) is 6.54. The zero-order chi connectivity index (χ0) is 15.1. The van der Waals surface area contributed by atoms with Crippen LogP contribution in [0, 0.1) is 0 Å². The SMILES string of the molecule is CCCC(N)C(=O)NC(C)c1ccc(OC(F)F)cc1. The Kier molecular flexibility index (Phi) is 6.38. The highest BCUT2D eigenvalue weighted by molar-refractivity contribution is 5.81. The van der Waals surface area contributed by atoms with E-state index in [-0.39, 0.29) is 17.7 Å². The normalized spacial score (nSPS) is 13.9. The average molecular weight is 286 g/mol. The molecule has 0 bridgehead atoms. The lowest BCUT2D eigenvalue weighted by molar-refractivity contribution is -0.123. The van der Waals surface area contributed by atoms with Crippen molar-refractivity contribution < 1.29 is 18.3 Å². The van der Waals surface area contributed by atoms with Crippen molar-refractivity contribution in [3.63, 3.8) is 0 Å². The number of hydrogen-bond acceptors (Lipinski definition) is 3. The molecule has 0 saturated carbocycles. The van der Waals surface area contributed by atoms with E-state index in [1.165, 1.54) is 12.1 Å². The number of rotatable bonds is 7. The number of alkyl halides is 2. The van der Waals surface area contributed by atoms with Crippen molar-refractivity contribution in [3.8, 4) is 5.75 Å². The summed E-state index contributed by atoms with van der Waals surface area (Å²) in [6, 6.07) is 5.38. The van der Waals surface area contributed by atoms with Crippen LogP contribution in [0.4, 0.5) is 8.78 Å². The Morgan fingerprint density at radius 3 is 2.45 bits per heavy atom. The van der Waals surface area contributed by atoms with Crippen molar-refractivity contribution in [2.75, 3.05) is 0 Å². The van der Waals surface area contributed by atoms with E-state index in [9.17, 15) is 13.6 Å². The average Bonchev–Trinajstić information content (AvgIpc) is 2.39. The highest BCUT2D eigenvalue weighted by atomic mass is 19.3. The smallest absolute Gasteiger partial charge is 0.387 e. The third-order valence-corrected chi connectivity index (χ3v) is 2.90. The van der Waals surface area contributed by atoms with E-state index in [0.29, 0.717) is 6.42 Å². The van der Waals surface area contributed by atoms with Crippen LogP contribution in [0.3, 0.4) is 0 Å². The zero-order valence-electron chi connectivity index (χ0n) is 11.6. The Hall–Kier alpha value is -1.69. The van der Waals surface area contributed by atoms with Gasteiger partial charge in [-0.3, -0.25) is 4.79 Å². The Bertz CT molecular complexity index is 424. The molecule has 2 unspecified atom stereocenters. The van der Waals surface area contributed by atoms with Gasteiger partial charge >= 0.3 is 6.61 Å². The topological polar surface area (TPSA) is 64.4 Å². The molecule has 0 aliphatic heterocycles. The first-order valence-electron chi connectivity index (χ1n) is 6.54. The van der Waals surface area contributed by atoms with Crippen molar-refractivity contribution >= 4 is 5.91 Å². The summed E-state index contributed by atoms with van der Waals surface area (Å²) >= 11 is 0. The molecule has 0 spiro atoms. The van der Waals surface area contributed by atoms with Gasteiger partial charge in [-0.1, -0.05) is 25.5 Å². The number of carbonyl (C=O) groups excluding carboxylic acids is 1. The predicted octanol–water partition coefficient (Wildman–Crippen LogP) is 2.59. The van der Waals surface area contributed by atoms with Crippen LogP contribution in [-0.4, -0.2) is 18.6 Å². The molecule has 0 fully saturated rings. The molecule has 0 heterocycles. The minimum atomic E-state index is -2.84. The molecule has 0 aliphatic carbocycles. The number of hydrogen-bond donors (Lipinski definition) is 2. The monoisotopic (exact) mass is 286 g/mol.